The van der Waals surface area contributed by atoms with Gasteiger partial charge in [-0.05, 0) is 25.5 Å². The highest BCUT2D eigenvalue weighted by Crippen LogP contribution is 2.15. The lowest BCUT2D eigenvalue weighted by atomic mass is 10.2. The Labute approximate surface area is 130 Å². The second kappa shape index (κ2) is 6.91. The third-order valence-electron chi connectivity index (χ3n) is 3.59. The molecule has 0 saturated carbocycles. The van der Waals surface area contributed by atoms with E-state index in [0.717, 1.165) is 5.69 Å². The van der Waals surface area contributed by atoms with Gasteiger partial charge in [0.05, 0.1) is 11.5 Å². The maximum Gasteiger partial charge on any atom is 0.236 e. The third-order valence-corrected chi connectivity index (χ3v) is 5.36. The van der Waals surface area contributed by atoms with Crippen LogP contribution in [0.1, 0.15) is 19.8 Å². The van der Waals surface area contributed by atoms with Gasteiger partial charge in [-0.2, -0.15) is 0 Å². The molecule has 1 heterocycles. The number of hydrogen-bond donors (Lipinski definition) is 1. The Morgan fingerprint density at radius 2 is 1.95 bits per heavy atom. The second-order valence-corrected chi connectivity index (χ2v) is 7.55. The first-order chi connectivity index (χ1) is 10.4. The van der Waals surface area contributed by atoms with E-state index in [1.165, 1.54) is 4.90 Å². The Balaban J connectivity index is 1.92. The zero-order chi connectivity index (χ0) is 16.2. The number of amides is 2. The van der Waals surface area contributed by atoms with Gasteiger partial charge in [-0.25, -0.2) is 8.42 Å². The Morgan fingerprint density at radius 3 is 2.50 bits per heavy atom. The minimum atomic E-state index is -3.04. The van der Waals surface area contributed by atoms with Crippen molar-refractivity contribution >= 4 is 27.3 Å². The van der Waals surface area contributed by atoms with Gasteiger partial charge in [0, 0.05) is 18.3 Å². The number of nitrogens with zero attached hydrogens (tertiary/aromatic N) is 1. The molecule has 0 radical (unpaired) electrons. The molecule has 2 rings (SSSR count). The van der Waals surface area contributed by atoms with Crippen molar-refractivity contribution in [3.8, 4) is 0 Å². The van der Waals surface area contributed by atoms with Crippen molar-refractivity contribution in [1.82, 2.24) is 5.32 Å². The van der Waals surface area contributed by atoms with Crippen LogP contribution in [-0.4, -0.2) is 44.3 Å². The normalized spacial score (nSPS) is 19.6. The third kappa shape index (κ3) is 4.30. The van der Waals surface area contributed by atoms with Gasteiger partial charge in [0.2, 0.25) is 11.8 Å². The van der Waals surface area contributed by atoms with E-state index in [-0.39, 0.29) is 29.9 Å². The average Bonchev–Trinajstić information content (AvgIpc) is 2.79. The van der Waals surface area contributed by atoms with Crippen molar-refractivity contribution in [2.75, 3.05) is 23.0 Å². The van der Waals surface area contributed by atoms with Gasteiger partial charge in [-0.15, -0.1) is 0 Å². The molecule has 1 atom stereocenters. The standard InChI is InChI=1S/C15H20N2O4S/c1-2-17(13-6-4-3-5-7-13)15(19)10-14(18)16-12-8-9-22(20,21)11-12/h3-7,12H,2,8-11H2,1H3,(H,16,18). The van der Waals surface area contributed by atoms with Gasteiger partial charge in [0.25, 0.3) is 0 Å². The molecule has 1 aliphatic rings. The van der Waals surface area contributed by atoms with Crippen LogP contribution in [0.15, 0.2) is 30.3 Å². The summed E-state index contributed by atoms with van der Waals surface area (Å²) >= 11 is 0. The van der Waals surface area contributed by atoms with E-state index in [2.05, 4.69) is 5.32 Å². The summed E-state index contributed by atoms with van der Waals surface area (Å²) < 4.78 is 22.7. The Morgan fingerprint density at radius 1 is 1.27 bits per heavy atom. The molecule has 0 aromatic heterocycles. The number of para-hydroxylation sites is 1. The number of sulfone groups is 1. The number of carbonyl (C=O) groups excluding carboxylic acids is 2. The minimum Gasteiger partial charge on any atom is -0.352 e. The molecule has 1 aromatic carbocycles. The lowest BCUT2D eigenvalue weighted by Gasteiger charge is -2.21. The SMILES string of the molecule is CCN(C(=O)CC(=O)NC1CCS(=O)(=O)C1)c1ccccc1. The summed E-state index contributed by atoms with van der Waals surface area (Å²) in [6.07, 6.45) is 0.137. The summed E-state index contributed by atoms with van der Waals surface area (Å²) in [5.41, 5.74) is 0.742. The molecule has 1 saturated heterocycles. The predicted molar refractivity (Wildman–Crippen MR) is 84.3 cm³/mol. The maximum absolute atomic E-state index is 12.2. The van der Waals surface area contributed by atoms with Crippen LogP contribution in [0, 0.1) is 0 Å². The summed E-state index contributed by atoms with van der Waals surface area (Å²) in [6.45, 7) is 2.31. The molecule has 0 aliphatic carbocycles. The van der Waals surface area contributed by atoms with Crippen molar-refractivity contribution in [3.05, 3.63) is 30.3 Å². The number of benzene rings is 1. The zero-order valence-electron chi connectivity index (χ0n) is 12.5. The topological polar surface area (TPSA) is 83.6 Å². The quantitative estimate of drug-likeness (QED) is 0.810. The van der Waals surface area contributed by atoms with Gasteiger partial charge in [0.1, 0.15) is 6.42 Å². The smallest absolute Gasteiger partial charge is 0.236 e. The molecule has 0 spiro atoms. The highest BCUT2D eigenvalue weighted by Gasteiger charge is 2.29. The highest BCUT2D eigenvalue weighted by molar-refractivity contribution is 7.91. The summed E-state index contributed by atoms with van der Waals surface area (Å²) in [6, 6.07) is 8.75. The Kier molecular flexibility index (Phi) is 5.18. The van der Waals surface area contributed by atoms with Gasteiger partial charge < -0.3 is 10.2 Å². The molecule has 0 bridgehead atoms. The summed E-state index contributed by atoms with van der Waals surface area (Å²) in [4.78, 5) is 25.7. The van der Waals surface area contributed by atoms with Crippen molar-refractivity contribution in [2.45, 2.75) is 25.8 Å². The molecule has 1 unspecified atom stereocenters. The van der Waals surface area contributed by atoms with Crippen LogP contribution in [0.4, 0.5) is 5.69 Å². The molecule has 1 N–H and O–H groups in total. The van der Waals surface area contributed by atoms with E-state index in [1.54, 1.807) is 0 Å². The first-order valence-corrected chi connectivity index (χ1v) is 9.08. The fraction of sp³-hybridized carbons (Fsp3) is 0.467. The number of anilines is 1. The minimum absolute atomic E-state index is 0.0386. The molecular weight excluding hydrogens is 304 g/mol. The Bertz CT molecular complexity index is 643. The largest absolute Gasteiger partial charge is 0.352 e. The number of hydrogen-bond acceptors (Lipinski definition) is 4. The van der Waals surface area contributed by atoms with Gasteiger partial charge in [0.15, 0.2) is 9.84 Å². The highest BCUT2D eigenvalue weighted by atomic mass is 32.2. The van der Waals surface area contributed by atoms with Crippen molar-refractivity contribution < 1.29 is 18.0 Å². The molecule has 7 heteroatoms. The molecule has 2 amide bonds. The number of rotatable bonds is 5. The van der Waals surface area contributed by atoms with Crippen LogP contribution in [0.3, 0.4) is 0 Å². The second-order valence-electron chi connectivity index (χ2n) is 5.32. The Hall–Kier alpha value is -1.89. The van der Waals surface area contributed by atoms with Gasteiger partial charge in [-0.1, -0.05) is 18.2 Å². The number of nitrogens with one attached hydrogen (secondary N) is 1. The van der Waals surface area contributed by atoms with Crippen molar-refractivity contribution in [3.63, 3.8) is 0 Å². The van der Waals surface area contributed by atoms with E-state index in [1.807, 2.05) is 37.3 Å². The first kappa shape index (κ1) is 16.5. The van der Waals surface area contributed by atoms with Crippen LogP contribution in [-0.2, 0) is 19.4 Å². The first-order valence-electron chi connectivity index (χ1n) is 7.26. The number of carbonyl (C=O) groups is 2. The fourth-order valence-corrected chi connectivity index (χ4v) is 4.20. The molecule has 22 heavy (non-hydrogen) atoms. The lowest BCUT2D eigenvalue weighted by Crippen LogP contribution is -2.40. The summed E-state index contributed by atoms with van der Waals surface area (Å²) in [7, 11) is -3.04. The zero-order valence-corrected chi connectivity index (χ0v) is 13.3. The van der Waals surface area contributed by atoms with E-state index >= 15 is 0 Å². The molecule has 1 fully saturated rings. The van der Waals surface area contributed by atoms with E-state index < -0.39 is 15.7 Å². The van der Waals surface area contributed by atoms with Crippen LogP contribution in [0.5, 0.6) is 0 Å². The maximum atomic E-state index is 12.2. The van der Waals surface area contributed by atoms with Crippen molar-refractivity contribution in [1.29, 1.82) is 0 Å². The van der Waals surface area contributed by atoms with E-state index in [4.69, 9.17) is 0 Å². The van der Waals surface area contributed by atoms with Crippen LogP contribution in [0.2, 0.25) is 0 Å². The van der Waals surface area contributed by atoms with Crippen molar-refractivity contribution in [2.24, 2.45) is 0 Å². The molecule has 120 valence electrons. The van der Waals surface area contributed by atoms with Gasteiger partial charge in [-0.3, -0.25) is 9.59 Å². The fourth-order valence-electron chi connectivity index (χ4n) is 2.53. The molecular formula is C15H20N2O4S. The molecule has 1 aliphatic heterocycles. The summed E-state index contributed by atoms with van der Waals surface area (Å²) in [5.74, 6) is -0.673. The summed E-state index contributed by atoms with van der Waals surface area (Å²) in [5, 5.41) is 2.63. The lowest BCUT2D eigenvalue weighted by molar-refractivity contribution is -0.128. The molecule has 6 nitrogen and oxygen atoms in total. The molecule has 1 aromatic rings. The predicted octanol–water partition coefficient (Wildman–Crippen LogP) is 0.733. The van der Waals surface area contributed by atoms with E-state index in [0.29, 0.717) is 13.0 Å². The van der Waals surface area contributed by atoms with Crippen LogP contribution >= 0.6 is 0 Å². The van der Waals surface area contributed by atoms with Crippen LogP contribution < -0.4 is 10.2 Å². The average molecular weight is 324 g/mol. The van der Waals surface area contributed by atoms with E-state index in [9.17, 15) is 18.0 Å². The monoisotopic (exact) mass is 324 g/mol. The van der Waals surface area contributed by atoms with Crippen LogP contribution in [0.25, 0.3) is 0 Å². The van der Waals surface area contributed by atoms with Gasteiger partial charge >= 0.3 is 0 Å².